The molecule has 0 amide bonds. The lowest BCUT2D eigenvalue weighted by atomic mass is 9.91. The fourth-order valence-electron chi connectivity index (χ4n) is 1.32. The lowest BCUT2D eigenvalue weighted by molar-refractivity contribution is 0.350. The van der Waals surface area contributed by atoms with Crippen LogP contribution in [0.3, 0.4) is 0 Å². The quantitative estimate of drug-likeness (QED) is 0.896. The summed E-state index contributed by atoms with van der Waals surface area (Å²) in [6, 6.07) is 5.23. The normalized spacial score (nSPS) is 12.7. The van der Waals surface area contributed by atoms with Gasteiger partial charge < -0.3 is 0 Å². The van der Waals surface area contributed by atoms with Gasteiger partial charge in [0, 0.05) is 11.0 Å². The van der Waals surface area contributed by atoms with Gasteiger partial charge in [0.15, 0.2) is 0 Å². The van der Waals surface area contributed by atoms with Crippen LogP contribution in [0.15, 0.2) is 27.6 Å². The molecule has 0 radical (unpaired) electrons. The SMILES string of the molecule is CCC(C)(C)CNS(=O)(=O)c1ccc(C)cc1Br. The summed E-state index contributed by atoms with van der Waals surface area (Å²) in [6.45, 7) is 8.50. The smallest absolute Gasteiger partial charge is 0.211 e. The van der Waals surface area contributed by atoms with Crippen LogP contribution < -0.4 is 4.72 Å². The second-order valence-electron chi connectivity index (χ2n) is 5.28. The van der Waals surface area contributed by atoms with Gasteiger partial charge in [0.2, 0.25) is 10.0 Å². The molecule has 0 unspecified atom stereocenters. The van der Waals surface area contributed by atoms with Crippen LogP contribution in [0.5, 0.6) is 0 Å². The minimum atomic E-state index is -3.45. The fourth-order valence-corrected chi connectivity index (χ4v) is 3.75. The van der Waals surface area contributed by atoms with Crippen LogP contribution in [0, 0.1) is 12.3 Å². The molecule has 102 valence electrons. The van der Waals surface area contributed by atoms with Crippen LogP contribution in [0.25, 0.3) is 0 Å². The third-order valence-electron chi connectivity index (χ3n) is 3.07. The zero-order chi connectivity index (χ0) is 14.0. The Balaban J connectivity index is 2.94. The number of aryl methyl sites for hydroxylation is 1. The average molecular weight is 334 g/mol. The number of sulfonamides is 1. The lowest BCUT2D eigenvalue weighted by Crippen LogP contribution is -2.33. The first-order chi connectivity index (χ1) is 8.18. The third-order valence-corrected chi connectivity index (χ3v) is 5.45. The summed E-state index contributed by atoms with van der Waals surface area (Å²) < 4.78 is 27.6. The maximum absolute atomic E-state index is 12.2. The summed E-state index contributed by atoms with van der Waals surface area (Å²) in [5.74, 6) is 0. The molecule has 3 nitrogen and oxygen atoms in total. The van der Waals surface area contributed by atoms with E-state index in [-0.39, 0.29) is 5.41 Å². The molecule has 0 aliphatic carbocycles. The van der Waals surface area contributed by atoms with Crippen molar-refractivity contribution in [3.63, 3.8) is 0 Å². The highest BCUT2D eigenvalue weighted by Gasteiger charge is 2.22. The molecule has 0 saturated heterocycles. The van der Waals surface area contributed by atoms with Crippen molar-refractivity contribution >= 4 is 26.0 Å². The fraction of sp³-hybridized carbons (Fsp3) is 0.538. The molecular weight excluding hydrogens is 314 g/mol. The molecule has 1 aromatic carbocycles. The summed E-state index contributed by atoms with van der Waals surface area (Å²) in [4.78, 5) is 0.292. The first-order valence-electron chi connectivity index (χ1n) is 5.94. The molecule has 0 fully saturated rings. The van der Waals surface area contributed by atoms with Gasteiger partial charge in [-0.2, -0.15) is 0 Å². The van der Waals surface area contributed by atoms with Crippen molar-refractivity contribution in [2.24, 2.45) is 5.41 Å². The molecule has 0 atom stereocenters. The monoisotopic (exact) mass is 333 g/mol. The minimum Gasteiger partial charge on any atom is -0.211 e. The van der Waals surface area contributed by atoms with Crippen molar-refractivity contribution in [2.45, 2.75) is 39.0 Å². The molecule has 0 bridgehead atoms. The van der Waals surface area contributed by atoms with E-state index in [2.05, 4.69) is 27.6 Å². The van der Waals surface area contributed by atoms with Crippen LogP contribution in [-0.2, 0) is 10.0 Å². The topological polar surface area (TPSA) is 46.2 Å². The highest BCUT2D eigenvalue weighted by Crippen LogP contribution is 2.24. The van der Waals surface area contributed by atoms with Crippen LogP contribution in [0.2, 0.25) is 0 Å². The Bertz CT molecular complexity index is 524. The molecule has 0 aromatic heterocycles. The van der Waals surface area contributed by atoms with Gasteiger partial charge >= 0.3 is 0 Å². The highest BCUT2D eigenvalue weighted by atomic mass is 79.9. The molecule has 1 rings (SSSR count). The van der Waals surface area contributed by atoms with Gasteiger partial charge in [-0.1, -0.05) is 26.8 Å². The van der Waals surface area contributed by atoms with Gasteiger partial charge in [-0.3, -0.25) is 0 Å². The van der Waals surface area contributed by atoms with E-state index in [1.54, 1.807) is 18.2 Å². The van der Waals surface area contributed by atoms with E-state index >= 15 is 0 Å². The summed E-state index contributed by atoms with van der Waals surface area (Å²) >= 11 is 3.30. The Morgan fingerprint density at radius 1 is 1.33 bits per heavy atom. The van der Waals surface area contributed by atoms with E-state index < -0.39 is 10.0 Å². The summed E-state index contributed by atoms with van der Waals surface area (Å²) in [5, 5.41) is 0. The van der Waals surface area contributed by atoms with Crippen molar-refractivity contribution in [3.8, 4) is 0 Å². The zero-order valence-electron chi connectivity index (χ0n) is 11.2. The number of nitrogens with one attached hydrogen (secondary N) is 1. The first-order valence-corrected chi connectivity index (χ1v) is 8.21. The molecule has 0 spiro atoms. The third kappa shape index (κ3) is 4.07. The van der Waals surface area contributed by atoms with Crippen molar-refractivity contribution in [1.29, 1.82) is 0 Å². The van der Waals surface area contributed by atoms with Crippen LogP contribution in [0.4, 0.5) is 0 Å². The van der Waals surface area contributed by atoms with E-state index in [0.29, 0.717) is 15.9 Å². The number of benzene rings is 1. The van der Waals surface area contributed by atoms with Crippen molar-refractivity contribution < 1.29 is 8.42 Å². The predicted molar refractivity (Wildman–Crippen MR) is 78.1 cm³/mol. The molecule has 0 heterocycles. The molecule has 0 aliphatic heterocycles. The molecule has 1 N–H and O–H groups in total. The Morgan fingerprint density at radius 3 is 2.44 bits per heavy atom. The molecular formula is C13H20BrNO2S. The second-order valence-corrected chi connectivity index (χ2v) is 7.87. The molecule has 18 heavy (non-hydrogen) atoms. The first kappa shape index (κ1) is 15.7. The predicted octanol–water partition coefficient (Wildman–Crippen LogP) is 3.47. The van der Waals surface area contributed by atoms with Crippen LogP contribution in [-0.4, -0.2) is 15.0 Å². The van der Waals surface area contributed by atoms with Crippen molar-refractivity contribution in [2.75, 3.05) is 6.54 Å². The summed E-state index contributed by atoms with van der Waals surface area (Å²) in [6.07, 6.45) is 0.921. The van der Waals surface area contributed by atoms with E-state index in [1.807, 2.05) is 20.8 Å². The van der Waals surface area contributed by atoms with Crippen molar-refractivity contribution in [3.05, 3.63) is 28.2 Å². The van der Waals surface area contributed by atoms with E-state index in [4.69, 9.17) is 0 Å². The maximum atomic E-state index is 12.2. The van der Waals surface area contributed by atoms with Gasteiger partial charge in [-0.25, -0.2) is 13.1 Å². The average Bonchev–Trinajstić information content (AvgIpc) is 2.26. The molecule has 0 saturated carbocycles. The number of hydrogen-bond donors (Lipinski definition) is 1. The van der Waals surface area contributed by atoms with Gasteiger partial charge in [-0.05, 0) is 52.4 Å². The number of halogens is 1. The number of rotatable bonds is 5. The van der Waals surface area contributed by atoms with Crippen molar-refractivity contribution in [1.82, 2.24) is 4.72 Å². The molecule has 0 aliphatic rings. The van der Waals surface area contributed by atoms with E-state index in [9.17, 15) is 8.42 Å². The van der Waals surface area contributed by atoms with Gasteiger partial charge in [0.05, 0.1) is 4.90 Å². The van der Waals surface area contributed by atoms with Crippen LogP contribution in [0.1, 0.15) is 32.8 Å². The number of hydrogen-bond acceptors (Lipinski definition) is 2. The Labute approximate surface area is 118 Å². The standard InChI is InChI=1S/C13H20BrNO2S/c1-5-13(3,4)9-15-18(16,17)12-7-6-10(2)8-11(12)14/h6-8,15H,5,9H2,1-4H3. The van der Waals surface area contributed by atoms with Gasteiger partial charge in [-0.15, -0.1) is 0 Å². The lowest BCUT2D eigenvalue weighted by Gasteiger charge is -2.23. The Kier molecular flexibility index (Phi) is 4.98. The van der Waals surface area contributed by atoms with Gasteiger partial charge in [0.1, 0.15) is 0 Å². The van der Waals surface area contributed by atoms with Gasteiger partial charge in [0.25, 0.3) is 0 Å². The Hall–Kier alpha value is -0.390. The van der Waals surface area contributed by atoms with E-state index in [0.717, 1.165) is 12.0 Å². The maximum Gasteiger partial charge on any atom is 0.241 e. The summed E-state index contributed by atoms with van der Waals surface area (Å²) in [7, 11) is -3.45. The Morgan fingerprint density at radius 2 is 1.94 bits per heavy atom. The largest absolute Gasteiger partial charge is 0.241 e. The minimum absolute atomic E-state index is 0.0375. The molecule has 5 heteroatoms. The second kappa shape index (κ2) is 5.72. The zero-order valence-corrected chi connectivity index (χ0v) is 13.7. The highest BCUT2D eigenvalue weighted by molar-refractivity contribution is 9.10. The van der Waals surface area contributed by atoms with E-state index in [1.165, 1.54) is 0 Å². The van der Waals surface area contributed by atoms with Crippen LogP contribution >= 0.6 is 15.9 Å². The summed E-state index contributed by atoms with van der Waals surface area (Å²) in [5.41, 5.74) is 0.985. The molecule has 1 aromatic rings.